The molecule has 1 aliphatic rings. The number of hydrogen-bond donors (Lipinski definition) is 0. The molecule has 14 heavy (non-hydrogen) atoms. The molecule has 0 aromatic heterocycles. The standard InChI is InChI=1S/C14H18/c1-9(2)13-8-10(3)7-12-6-5-11(4)14(12)13/h5-9,11H,1-4H3. The molecule has 1 aliphatic carbocycles. The van der Waals surface area contributed by atoms with E-state index >= 15 is 0 Å². The Morgan fingerprint density at radius 3 is 2.57 bits per heavy atom. The number of rotatable bonds is 1. The van der Waals surface area contributed by atoms with Crippen LogP contribution >= 0.6 is 0 Å². The minimum atomic E-state index is 0.600. The molecule has 1 aromatic carbocycles. The molecule has 1 aromatic rings. The number of allylic oxidation sites excluding steroid dienone is 1. The normalized spacial score (nSPS) is 19.1. The van der Waals surface area contributed by atoms with Gasteiger partial charge in [-0.25, -0.2) is 0 Å². The highest BCUT2D eigenvalue weighted by Gasteiger charge is 2.18. The summed E-state index contributed by atoms with van der Waals surface area (Å²) in [7, 11) is 0. The van der Waals surface area contributed by atoms with Gasteiger partial charge in [-0.15, -0.1) is 0 Å². The molecule has 0 N–H and O–H groups in total. The van der Waals surface area contributed by atoms with E-state index < -0.39 is 0 Å². The summed E-state index contributed by atoms with van der Waals surface area (Å²) in [6.07, 6.45) is 4.56. The summed E-state index contributed by atoms with van der Waals surface area (Å²) in [5, 5.41) is 0. The molecule has 0 aliphatic heterocycles. The van der Waals surface area contributed by atoms with Gasteiger partial charge in [0.2, 0.25) is 0 Å². The maximum atomic E-state index is 2.34. The first-order valence-corrected chi connectivity index (χ1v) is 5.42. The Morgan fingerprint density at radius 1 is 1.21 bits per heavy atom. The third-order valence-corrected chi connectivity index (χ3v) is 3.03. The van der Waals surface area contributed by atoms with E-state index in [4.69, 9.17) is 0 Å². The van der Waals surface area contributed by atoms with Crippen LogP contribution in [0, 0.1) is 6.92 Å². The van der Waals surface area contributed by atoms with Crippen molar-refractivity contribution in [2.45, 2.75) is 39.5 Å². The number of aryl methyl sites for hydroxylation is 1. The van der Waals surface area contributed by atoms with E-state index in [1.54, 1.807) is 5.56 Å². The van der Waals surface area contributed by atoms with Crippen LogP contribution in [0.15, 0.2) is 18.2 Å². The maximum Gasteiger partial charge on any atom is 0.000166 e. The fraction of sp³-hybridized carbons (Fsp3) is 0.429. The summed E-state index contributed by atoms with van der Waals surface area (Å²) in [6, 6.07) is 4.63. The Hall–Kier alpha value is -1.04. The third-order valence-electron chi connectivity index (χ3n) is 3.03. The molecular formula is C14H18. The second kappa shape index (κ2) is 3.27. The zero-order chi connectivity index (χ0) is 10.3. The Labute approximate surface area is 86.7 Å². The first-order valence-electron chi connectivity index (χ1n) is 5.42. The molecule has 0 spiro atoms. The molecule has 1 atom stereocenters. The summed E-state index contributed by atoms with van der Waals surface area (Å²) in [5.74, 6) is 1.23. The zero-order valence-corrected chi connectivity index (χ0v) is 9.46. The minimum absolute atomic E-state index is 0.600. The largest absolute Gasteiger partial charge is 0.0766 e. The van der Waals surface area contributed by atoms with E-state index in [2.05, 4.69) is 52.0 Å². The van der Waals surface area contributed by atoms with Gasteiger partial charge in [-0.1, -0.05) is 50.6 Å². The molecule has 0 fully saturated rings. The van der Waals surface area contributed by atoms with Crippen LogP contribution in [0.4, 0.5) is 0 Å². The summed E-state index contributed by atoms with van der Waals surface area (Å²) >= 11 is 0. The van der Waals surface area contributed by atoms with Gasteiger partial charge in [-0.2, -0.15) is 0 Å². The average Bonchev–Trinajstić information content (AvgIpc) is 2.46. The number of benzene rings is 1. The number of hydrogen-bond acceptors (Lipinski definition) is 0. The second-order valence-electron chi connectivity index (χ2n) is 4.66. The van der Waals surface area contributed by atoms with E-state index in [9.17, 15) is 0 Å². The Balaban J connectivity index is 2.63. The first-order chi connectivity index (χ1) is 6.59. The van der Waals surface area contributed by atoms with Crippen molar-refractivity contribution in [2.24, 2.45) is 0 Å². The molecule has 1 unspecified atom stereocenters. The molecule has 0 heterocycles. The second-order valence-corrected chi connectivity index (χ2v) is 4.66. The fourth-order valence-electron chi connectivity index (χ4n) is 2.34. The van der Waals surface area contributed by atoms with E-state index in [1.807, 2.05) is 0 Å². The van der Waals surface area contributed by atoms with Gasteiger partial charge in [0, 0.05) is 5.92 Å². The molecule has 2 rings (SSSR count). The SMILES string of the molecule is Cc1cc2c(c(C(C)C)c1)C(C)C=C2. The van der Waals surface area contributed by atoms with Gasteiger partial charge in [0.15, 0.2) is 0 Å². The van der Waals surface area contributed by atoms with Gasteiger partial charge in [0.1, 0.15) is 0 Å². The van der Waals surface area contributed by atoms with Crippen LogP contribution < -0.4 is 0 Å². The predicted molar refractivity (Wildman–Crippen MR) is 62.7 cm³/mol. The van der Waals surface area contributed by atoms with Crippen molar-refractivity contribution >= 4 is 6.08 Å². The Kier molecular flexibility index (Phi) is 2.22. The quantitative estimate of drug-likeness (QED) is 0.615. The fourth-order valence-corrected chi connectivity index (χ4v) is 2.34. The van der Waals surface area contributed by atoms with Crippen molar-refractivity contribution in [3.8, 4) is 0 Å². The van der Waals surface area contributed by atoms with Gasteiger partial charge >= 0.3 is 0 Å². The van der Waals surface area contributed by atoms with Crippen LogP contribution in [0.3, 0.4) is 0 Å². The smallest absolute Gasteiger partial charge is 0.000166 e. The van der Waals surface area contributed by atoms with Gasteiger partial charge in [0.05, 0.1) is 0 Å². The van der Waals surface area contributed by atoms with E-state index in [0.717, 1.165) is 0 Å². The highest BCUT2D eigenvalue weighted by Crippen LogP contribution is 2.36. The Bertz CT molecular complexity index is 383. The van der Waals surface area contributed by atoms with Gasteiger partial charge in [0.25, 0.3) is 0 Å². The van der Waals surface area contributed by atoms with Crippen molar-refractivity contribution in [3.63, 3.8) is 0 Å². The lowest BCUT2D eigenvalue weighted by atomic mass is 9.88. The average molecular weight is 186 g/mol. The van der Waals surface area contributed by atoms with Crippen LogP contribution in [-0.2, 0) is 0 Å². The molecule has 0 heteroatoms. The van der Waals surface area contributed by atoms with Gasteiger partial charge in [-0.05, 0) is 29.5 Å². The highest BCUT2D eigenvalue weighted by molar-refractivity contribution is 5.65. The molecule has 0 nitrogen and oxygen atoms in total. The molecule has 0 saturated heterocycles. The summed E-state index contributed by atoms with van der Waals surface area (Å²) in [5.41, 5.74) is 5.88. The highest BCUT2D eigenvalue weighted by atomic mass is 14.2. The van der Waals surface area contributed by atoms with Crippen LogP contribution in [0.1, 0.15) is 54.9 Å². The lowest BCUT2D eigenvalue weighted by Crippen LogP contribution is -1.99. The van der Waals surface area contributed by atoms with E-state index in [0.29, 0.717) is 11.8 Å². The number of fused-ring (bicyclic) bond motifs is 1. The molecular weight excluding hydrogens is 168 g/mol. The van der Waals surface area contributed by atoms with E-state index in [-0.39, 0.29) is 0 Å². The first kappa shape index (κ1) is 9.51. The third kappa shape index (κ3) is 1.39. The molecule has 0 bridgehead atoms. The lowest BCUT2D eigenvalue weighted by Gasteiger charge is -2.16. The van der Waals surface area contributed by atoms with Crippen molar-refractivity contribution in [2.75, 3.05) is 0 Å². The van der Waals surface area contributed by atoms with Crippen molar-refractivity contribution in [1.29, 1.82) is 0 Å². The summed E-state index contributed by atoms with van der Waals surface area (Å²) in [4.78, 5) is 0. The summed E-state index contributed by atoms with van der Waals surface area (Å²) < 4.78 is 0. The maximum absolute atomic E-state index is 2.34. The summed E-state index contributed by atoms with van der Waals surface area (Å²) in [6.45, 7) is 9.02. The van der Waals surface area contributed by atoms with Crippen LogP contribution in [-0.4, -0.2) is 0 Å². The molecule has 0 amide bonds. The van der Waals surface area contributed by atoms with E-state index in [1.165, 1.54) is 16.7 Å². The topological polar surface area (TPSA) is 0 Å². The Morgan fingerprint density at radius 2 is 1.93 bits per heavy atom. The monoisotopic (exact) mass is 186 g/mol. The molecule has 0 saturated carbocycles. The molecule has 0 radical (unpaired) electrons. The van der Waals surface area contributed by atoms with Crippen molar-refractivity contribution in [3.05, 3.63) is 40.5 Å². The van der Waals surface area contributed by atoms with Gasteiger partial charge in [-0.3, -0.25) is 0 Å². The van der Waals surface area contributed by atoms with Gasteiger partial charge < -0.3 is 0 Å². The lowest BCUT2D eigenvalue weighted by molar-refractivity contribution is 0.825. The predicted octanol–water partition coefficient (Wildman–Crippen LogP) is 4.25. The zero-order valence-electron chi connectivity index (χ0n) is 9.46. The van der Waals surface area contributed by atoms with Crippen molar-refractivity contribution in [1.82, 2.24) is 0 Å². The van der Waals surface area contributed by atoms with Crippen LogP contribution in [0.5, 0.6) is 0 Å². The van der Waals surface area contributed by atoms with Crippen LogP contribution in [0.2, 0.25) is 0 Å². The van der Waals surface area contributed by atoms with Crippen molar-refractivity contribution < 1.29 is 0 Å². The minimum Gasteiger partial charge on any atom is -0.0766 e. The van der Waals surface area contributed by atoms with Crippen LogP contribution in [0.25, 0.3) is 6.08 Å². The molecule has 74 valence electrons.